The summed E-state index contributed by atoms with van der Waals surface area (Å²) in [6.45, 7) is 6.26. The highest BCUT2D eigenvalue weighted by Crippen LogP contribution is 2.08. The van der Waals surface area contributed by atoms with Gasteiger partial charge < -0.3 is 0 Å². The molecule has 0 amide bonds. The van der Waals surface area contributed by atoms with Crippen molar-refractivity contribution < 1.29 is 0 Å². The molecule has 0 fully saturated rings. The molecule has 16 heavy (non-hydrogen) atoms. The summed E-state index contributed by atoms with van der Waals surface area (Å²) in [5, 5.41) is 0.810. The van der Waals surface area contributed by atoms with Crippen molar-refractivity contribution in [2.75, 3.05) is 0 Å². The molecule has 0 aliphatic carbocycles. The number of hydrogen-bond donors (Lipinski definition) is 0. The Hall–Kier alpha value is -1.27. The summed E-state index contributed by atoms with van der Waals surface area (Å²) in [5.74, 6) is 0. The molecule has 0 aromatic heterocycles. The maximum Gasteiger partial charge on any atom is 0.0408 e. The highest BCUT2D eigenvalue weighted by molar-refractivity contribution is 6.30. The van der Waals surface area contributed by atoms with Gasteiger partial charge in [-0.05, 0) is 49.6 Å². The predicted molar refractivity (Wildman–Crippen MR) is 72.1 cm³/mol. The summed E-state index contributed by atoms with van der Waals surface area (Å²) in [4.78, 5) is 0. The van der Waals surface area contributed by atoms with Crippen LogP contribution in [0.4, 0.5) is 0 Å². The topological polar surface area (TPSA) is 0 Å². The number of aryl methyl sites for hydroxylation is 3. The maximum atomic E-state index is 5.64. The second-order valence-electron chi connectivity index (χ2n) is 3.88. The van der Waals surface area contributed by atoms with E-state index < -0.39 is 0 Å². The van der Waals surface area contributed by atoms with E-state index in [-0.39, 0.29) is 0 Å². The van der Waals surface area contributed by atoms with Crippen molar-refractivity contribution in [2.45, 2.75) is 20.8 Å². The molecule has 0 saturated heterocycles. The number of halogens is 1. The molecule has 0 bridgehead atoms. The minimum absolute atomic E-state index is 0.810. The minimum atomic E-state index is 0.810. The van der Waals surface area contributed by atoms with Crippen LogP contribution < -0.4 is 0 Å². The van der Waals surface area contributed by atoms with Gasteiger partial charge in [-0.25, -0.2) is 0 Å². The lowest BCUT2D eigenvalue weighted by atomic mass is 10.1. The van der Waals surface area contributed by atoms with Gasteiger partial charge >= 0.3 is 0 Å². The largest absolute Gasteiger partial charge is 0.0843 e. The van der Waals surface area contributed by atoms with E-state index in [9.17, 15) is 0 Å². The molecule has 0 nitrogen and oxygen atoms in total. The monoisotopic (exact) mass is 232 g/mol. The third kappa shape index (κ3) is 4.50. The van der Waals surface area contributed by atoms with Gasteiger partial charge in [-0.1, -0.05) is 48.0 Å². The Labute approximate surface area is 103 Å². The van der Waals surface area contributed by atoms with Crippen LogP contribution in [-0.2, 0) is 0 Å². The molecule has 0 unspecified atom stereocenters. The van der Waals surface area contributed by atoms with Crippen LogP contribution in [0, 0.1) is 20.8 Å². The summed E-state index contributed by atoms with van der Waals surface area (Å²) < 4.78 is 0. The molecule has 2 aromatic rings. The SMILES string of the molecule is Cc1cccc(Cl)c1.Cc1ccccc1C. The van der Waals surface area contributed by atoms with E-state index in [1.54, 1.807) is 0 Å². The van der Waals surface area contributed by atoms with Gasteiger partial charge in [0, 0.05) is 5.02 Å². The molecular formula is C15H17Cl. The molecule has 0 aliphatic rings. The van der Waals surface area contributed by atoms with Crippen LogP contribution in [0.5, 0.6) is 0 Å². The van der Waals surface area contributed by atoms with Crippen LogP contribution >= 0.6 is 11.6 Å². The predicted octanol–water partition coefficient (Wildman–Crippen LogP) is 4.95. The third-order valence-electron chi connectivity index (χ3n) is 2.41. The van der Waals surface area contributed by atoms with Crippen molar-refractivity contribution in [3.8, 4) is 0 Å². The minimum Gasteiger partial charge on any atom is -0.0843 e. The molecule has 0 spiro atoms. The Morgan fingerprint density at radius 3 is 1.62 bits per heavy atom. The summed E-state index contributed by atoms with van der Waals surface area (Å²) >= 11 is 5.64. The average molecular weight is 233 g/mol. The zero-order valence-electron chi connectivity index (χ0n) is 10.00. The molecule has 0 saturated carbocycles. The van der Waals surface area contributed by atoms with Crippen molar-refractivity contribution in [2.24, 2.45) is 0 Å². The molecule has 84 valence electrons. The van der Waals surface area contributed by atoms with Crippen LogP contribution in [-0.4, -0.2) is 0 Å². The smallest absolute Gasteiger partial charge is 0.0408 e. The zero-order chi connectivity index (χ0) is 12.0. The van der Waals surface area contributed by atoms with E-state index in [0.717, 1.165) is 5.02 Å². The van der Waals surface area contributed by atoms with Crippen molar-refractivity contribution in [1.82, 2.24) is 0 Å². The second kappa shape index (κ2) is 6.34. The fourth-order valence-electron chi connectivity index (χ4n) is 1.27. The average Bonchev–Trinajstić information content (AvgIpc) is 2.23. The normalized spacial score (nSPS) is 9.25. The van der Waals surface area contributed by atoms with Crippen LogP contribution in [0.15, 0.2) is 48.5 Å². The Bertz CT molecular complexity index is 408. The van der Waals surface area contributed by atoms with Crippen LogP contribution in [0.25, 0.3) is 0 Å². The molecule has 2 aromatic carbocycles. The number of benzene rings is 2. The maximum absolute atomic E-state index is 5.64. The fraction of sp³-hybridized carbons (Fsp3) is 0.200. The highest BCUT2D eigenvalue weighted by atomic mass is 35.5. The van der Waals surface area contributed by atoms with Crippen LogP contribution in [0.2, 0.25) is 5.02 Å². The van der Waals surface area contributed by atoms with E-state index >= 15 is 0 Å². The molecular weight excluding hydrogens is 216 g/mol. The van der Waals surface area contributed by atoms with Gasteiger partial charge in [0.15, 0.2) is 0 Å². The molecule has 1 heteroatoms. The van der Waals surface area contributed by atoms with E-state index in [1.165, 1.54) is 16.7 Å². The molecule has 2 rings (SSSR count). The Balaban J connectivity index is 0.000000160. The number of hydrogen-bond acceptors (Lipinski definition) is 0. The van der Waals surface area contributed by atoms with Gasteiger partial charge in [0.2, 0.25) is 0 Å². The summed E-state index contributed by atoms with van der Waals surface area (Å²) in [6.07, 6.45) is 0. The third-order valence-corrected chi connectivity index (χ3v) is 2.64. The van der Waals surface area contributed by atoms with Gasteiger partial charge in [0.1, 0.15) is 0 Å². The molecule has 0 N–H and O–H groups in total. The lowest BCUT2D eigenvalue weighted by Crippen LogP contribution is -1.74. The van der Waals surface area contributed by atoms with Crippen LogP contribution in [0.3, 0.4) is 0 Å². The second-order valence-corrected chi connectivity index (χ2v) is 4.32. The molecule has 0 radical (unpaired) electrons. The van der Waals surface area contributed by atoms with Crippen LogP contribution in [0.1, 0.15) is 16.7 Å². The van der Waals surface area contributed by atoms with Gasteiger partial charge in [-0.15, -0.1) is 0 Å². The van der Waals surface area contributed by atoms with E-state index in [2.05, 4.69) is 38.1 Å². The van der Waals surface area contributed by atoms with Gasteiger partial charge in [-0.2, -0.15) is 0 Å². The van der Waals surface area contributed by atoms with Gasteiger partial charge in [0.25, 0.3) is 0 Å². The zero-order valence-corrected chi connectivity index (χ0v) is 10.8. The summed E-state index contributed by atoms with van der Waals surface area (Å²) in [6, 6.07) is 16.1. The van der Waals surface area contributed by atoms with E-state index in [1.807, 2.05) is 31.2 Å². The fourth-order valence-corrected chi connectivity index (χ4v) is 1.51. The molecule has 0 aliphatic heterocycles. The lowest BCUT2D eigenvalue weighted by molar-refractivity contribution is 1.34. The Morgan fingerprint density at radius 2 is 1.31 bits per heavy atom. The molecule has 0 atom stereocenters. The lowest BCUT2D eigenvalue weighted by Gasteiger charge is -1.93. The summed E-state index contributed by atoms with van der Waals surface area (Å²) in [5.41, 5.74) is 3.94. The van der Waals surface area contributed by atoms with Crippen molar-refractivity contribution >= 4 is 11.6 Å². The first-order valence-electron chi connectivity index (χ1n) is 5.34. The van der Waals surface area contributed by atoms with Crippen molar-refractivity contribution in [3.05, 3.63) is 70.2 Å². The standard InChI is InChI=1S/C8H10.C7H7Cl/c1-7-5-3-4-6-8(7)2;1-6-3-2-4-7(8)5-6/h3-6H,1-2H3;2-5H,1H3. The van der Waals surface area contributed by atoms with E-state index in [0.29, 0.717) is 0 Å². The summed E-state index contributed by atoms with van der Waals surface area (Å²) in [7, 11) is 0. The van der Waals surface area contributed by atoms with Crippen molar-refractivity contribution in [3.63, 3.8) is 0 Å². The Morgan fingerprint density at radius 1 is 0.750 bits per heavy atom. The molecule has 0 heterocycles. The highest BCUT2D eigenvalue weighted by Gasteiger charge is 1.84. The number of rotatable bonds is 0. The van der Waals surface area contributed by atoms with Gasteiger partial charge in [0.05, 0.1) is 0 Å². The van der Waals surface area contributed by atoms with Crippen molar-refractivity contribution in [1.29, 1.82) is 0 Å². The first-order valence-corrected chi connectivity index (χ1v) is 5.72. The first-order chi connectivity index (χ1) is 7.59. The Kier molecular flexibility index (Phi) is 5.07. The van der Waals surface area contributed by atoms with E-state index in [4.69, 9.17) is 11.6 Å². The first kappa shape index (κ1) is 12.8. The van der Waals surface area contributed by atoms with Gasteiger partial charge in [-0.3, -0.25) is 0 Å². The quantitative estimate of drug-likeness (QED) is 0.603.